The summed E-state index contributed by atoms with van der Waals surface area (Å²) in [6.07, 6.45) is 1.80. The Bertz CT molecular complexity index is 1780. The Morgan fingerprint density at radius 3 is 2.20 bits per heavy atom. The van der Waals surface area contributed by atoms with Crippen molar-refractivity contribution >= 4 is 23.9 Å². The maximum atomic E-state index is 13.5. The van der Waals surface area contributed by atoms with Crippen LogP contribution in [0.2, 0.25) is 0 Å². The third kappa shape index (κ3) is 13.6. The summed E-state index contributed by atoms with van der Waals surface area (Å²) in [6.45, 7) is 11.5. The van der Waals surface area contributed by atoms with Gasteiger partial charge in [0.2, 0.25) is 5.79 Å². The topological polar surface area (TPSA) is 243 Å². The van der Waals surface area contributed by atoms with Crippen molar-refractivity contribution in [2.45, 2.75) is 185 Å². The number of methoxy groups -OCH3 is 2. The molecule has 6 bridgehead atoms. The second kappa shape index (κ2) is 22.6. The van der Waals surface area contributed by atoms with E-state index in [2.05, 4.69) is 0 Å². The Labute approximate surface area is 376 Å². The summed E-state index contributed by atoms with van der Waals surface area (Å²) in [5.74, 6) is -7.63. The Morgan fingerprint density at radius 2 is 1.56 bits per heavy atom. The van der Waals surface area contributed by atoms with Crippen molar-refractivity contribution in [2.75, 3.05) is 14.2 Å². The van der Waals surface area contributed by atoms with Crippen LogP contribution in [0.1, 0.15) is 113 Å². The molecule has 0 aromatic heterocycles. The molecule has 4 rings (SSSR count). The molecular weight excluding hydrogens is 836 g/mol. The van der Waals surface area contributed by atoms with E-state index >= 15 is 0 Å². The number of hydrogen-bond acceptors (Lipinski definition) is 17. The third-order valence-electron chi connectivity index (χ3n) is 12.4. The zero-order chi connectivity index (χ0) is 47.6. The van der Waals surface area contributed by atoms with E-state index in [0.717, 1.165) is 18.9 Å². The van der Waals surface area contributed by atoms with Crippen LogP contribution in [0, 0.1) is 10.8 Å². The lowest BCUT2D eigenvalue weighted by molar-refractivity contribution is -0.361. The van der Waals surface area contributed by atoms with Gasteiger partial charge in [-0.15, -0.1) is 0 Å². The Hall–Kier alpha value is -3.78. The number of unbranched alkanes of at least 4 members (excludes halogenated alkanes) is 1. The Morgan fingerprint density at radius 1 is 0.875 bits per heavy atom. The molecule has 3 saturated heterocycles. The lowest BCUT2D eigenvalue weighted by atomic mass is 9.70. The lowest BCUT2D eigenvalue weighted by Crippen LogP contribution is -2.62. The molecule has 5 N–H and O–H groups in total. The largest absolute Gasteiger partial charge is 0.466 e. The third-order valence-corrected chi connectivity index (χ3v) is 12.4. The fourth-order valence-electron chi connectivity index (χ4n) is 8.64. The van der Waals surface area contributed by atoms with Crippen molar-refractivity contribution in [2.24, 2.45) is 10.8 Å². The molecule has 17 heteroatoms. The van der Waals surface area contributed by atoms with Gasteiger partial charge in [0, 0.05) is 54.7 Å². The zero-order valence-electron chi connectivity index (χ0n) is 38.6. The highest BCUT2D eigenvalue weighted by atomic mass is 16.7. The van der Waals surface area contributed by atoms with Crippen LogP contribution < -0.4 is 0 Å². The number of hydrogen-bond donors (Lipinski definition) is 5. The molecule has 4 heterocycles. The molecule has 0 radical (unpaired) electrons. The first-order chi connectivity index (χ1) is 29.9. The Balaban J connectivity index is 1.89. The van der Waals surface area contributed by atoms with Crippen LogP contribution in [0.3, 0.4) is 0 Å². The second-order valence-electron chi connectivity index (χ2n) is 18.4. The number of fused-ring (bicyclic) bond motifs is 6. The van der Waals surface area contributed by atoms with Gasteiger partial charge < -0.3 is 63.4 Å². The molecule has 0 saturated carbocycles. The predicted octanol–water partition coefficient (Wildman–Crippen LogP) is 4.07. The zero-order valence-corrected chi connectivity index (χ0v) is 38.6. The average molecular weight is 907 g/mol. The molecule has 0 aliphatic carbocycles. The first kappa shape index (κ1) is 52.8. The van der Waals surface area contributed by atoms with E-state index in [1.54, 1.807) is 45.9 Å². The minimum Gasteiger partial charge on any atom is -0.466 e. The Kier molecular flexibility index (Phi) is 18.7. The summed E-state index contributed by atoms with van der Waals surface area (Å²) in [7, 11) is 2.41. The highest BCUT2D eigenvalue weighted by Crippen LogP contribution is 2.50. The van der Waals surface area contributed by atoms with Crippen molar-refractivity contribution in [3.8, 4) is 0 Å². The van der Waals surface area contributed by atoms with Gasteiger partial charge in [-0.1, -0.05) is 77.0 Å². The van der Waals surface area contributed by atoms with Crippen LogP contribution in [0.15, 0.2) is 59.8 Å². The fourth-order valence-corrected chi connectivity index (χ4v) is 8.64. The first-order valence-corrected chi connectivity index (χ1v) is 22.1. The normalized spacial score (nSPS) is 36.4. The monoisotopic (exact) mass is 906 g/mol. The minimum atomic E-state index is -2.46. The number of cyclic esters (lactones) is 1. The van der Waals surface area contributed by atoms with Crippen molar-refractivity contribution in [1.29, 1.82) is 0 Å². The number of aliphatic hydroxyl groups excluding tert-OH is 3. The predicted molar refractivity (Wildman–Crippen MR) is 229 cm³/mol. The van der Waals surface area contributed by atoms with Gasteiger partial charge >= 0.3 is 23.9 Å². The standard InChI is InChI=1S/C47H70O17/c1-10-11-12-13-14-15-39(51)62-43-31(22-41(53)58-9)21-34-25-37(28(2)48)61-42(54)24-32(50)23-35-26-38(59-29(3)49)45(6,7)46(55,63-35)27-36-19-30(20-40(52)57-8)18-33(60-36)16-17-44(4,5)47(43,56)64-34/h12-17,20,22,28-29,32-38,43,48-50,55-56H,10-11,18-19,21,23-27H2,1-9H3/b13-12+,15-14+,17-16+,30-20+,31-22+/t28-,29?,32-,33+,34+,35-,36+,37-,38+,43+,46+,47?/m1/s1. The van der Waals surface area contributed by atoms with Gasteiger partial charge in [-0.05, 0) is 45.1 Å². The number of carbonyl (C=O) groups is 4. The molecule has 0 amide bonds. The van der Waals surface area contributed by atoms with Crippen molar-refractivity contribution < 1.29 is 82.6 Å². The van der Waals surface area contributed by atoms with Gasteiger partial charge in [0.15, 0.2) is 18.2 Å². The number of rotatable bonds is 10. The van der Waals surface area contributed by atoms with Crippen molar-refractivity contribution in [1.82, 2.24) is 0 Å². The summed E-state index contributed by atoms with van der Waals surface area (Å²) in [6, 6.07) is 0. The molecule has 3 fully saturated rings. The highest BCUT2D eigenvalue weighted by molar-refractivity contribution is 5.84. The summed E-state index contributed by atoms with van der Waals surface area (Å²) >= 11 is 0. The first-order valence-electron chi connectivity index (χ1n) is 22.1. The van der Waals surface area contributed by atoms with Crippen LogP contribution in [0.5, 0.6) is 0 Å². The molecular formula is C47H70O17. The van der Waals surface area contributed by atoms with Crippen LogP contribution in [-0.4, -0.2) is 136 Å². The fraction of sp³-hybridized carbons (Fsp3) is 0.702. The molecule has 0 aromatic rings. The quantitative estimate of drug-likeness (QED) is 0.0518. The second-order valence-corrected chi connectivity index (χ2v) is 18.4. The van der Waals surface area contributed by atoms with E-state index in [9.17, 15) is 44.7 Å². The molecule has 360 valence electrons. The molecule has 2 unspecified atom stereocenters. The van der Waals surface area contributed by atoms with Gasteiger partial charge in [-0.2, -0.15) is 0 Å². The summed E-state index contributed by atoms with van der Waals surface area (Å²) in [5, 5.41) is 57.9. The van der Waals surface area contributed by atoms with E-state index in [1.807, 2.05) is 13.0 Å². The molecule has 4 aliphatic heterocycles. The van der Waals surface area contributed by atoms with E-state index in [1.165, 1.54) is 46.3 Å². The van der Waals surface area contributed by atoms with E-state index in [0.29, 0.717) is 5.57 Å². The molecule has 17 nitrogen and oxygen atoms in total. The number of carbonyl (C=O) groups excluding carboxylic acids is 4. The highest BCUT2D eigenvalue weighted by Gasteiger charge is 2.59. The van der Waals surface area contributed by atoms with Gasteiger partial charge in [0.1, 0.15) is 6.10 Å². The van der Waals surface area contributed by atoms with Crippen LogP contribution in [0.25, 0.3) is 0 Å². The molecule has 64 heavy (non-hydrogen) atoms. The minimum absolute atomic E-state index is 0.112. The van der Waals surface area contributed by atoms with Gasteiger partial charge in [0.25, 0.3) is 0 Å². The molecule has 0 aromatic carbocycles. The van der Waals surface area contributed by atoms with E-state index in [-0.39, 0.29) is 50.5 Å². The van der Waals surface area contributed by atoms with E-state index in [4.69, 9.17) is 37.9 Å². The summed E-state index contributed by atoms with van der Waals surface area (Å²) in [4.78, 5) is 52.3. The SMILES string of the molecule is CCC/C=C/C=C/C(=O)O[C@H]1/C(=C/C(=O)OC)C[C@H]2C[C@H]([C@@H](C)O)OC(=O)C[C@H](O)C[C@@H]3C[C@H](OC(C)O)C(C)(C)[C@](O)(C[C@@H]4C/C(=C/C(=O)OC)C[C@H](/C=C/C(C)(C)C1(O)O2)O4)O3. The van der Waals surface area contributed by atoms with Crippen molar-refractivity contribution in [3.63, 3.8) is 0 Å². The molecule has 0 spiro atoms. The van der Waals surface area contributed by atoms with E-state index < -0.39 is 114 Å². The maximum Gasteiger partial charge on any atom is 0.331 e. The van der Waals surface area contributed by atoms with Gasteiger partial charge in [0.05, 0.1) is 63.4 Å². The van der Waals surface area contributed by atoms with Gasteiger partial charge in [-0.3, -0.25) is 4.79 Å². The van der Waals surface area contributed by atoms with Crippen molar-refractivity contribution in [3.05, 3.63) is 59.8 Å². The maximum absolute atomic E-state index is 13.5. The lowest BCUT2D eigenvalue weighted by Gasteiger charge is -2.54. The summed E-state index contributed by atoms with van der Waals surface area (Å²) in [5.41, 5.74) is -1.97. The molecule has 4 aliphatic rings. The summed E-state index contributed by atoms with van der Waals surface area (Å²) < 4.78 is 47.0. The average Bonchev–Trinajstić information content (AvgIpc) is 3.19. The number of aliphatic hydroxyl groups is 5. The molecule has 12 atom stereocenters. The van der Waals surface area contributed by atoms with Gasteiger partial charge in [-0.25, -0.2) is 14.4 Å². The smallest absolute Gasteiger partial charge is 0.331 e. The van der Waals surface area contributed by atoms with Crippen LogP contribution in [0.4, 0.5) is 0 Å². The number of esters is 4. The van der Waals surface area contributed by atoms with Crippen LogP contribution >= 0.6 is 0 Å². The number of allylic oxidation sites excluding steroid dienone is 3. The number of ether oxygens (including phenoxy) is 8. The van der Waals surface area contributed by atoms with Crippen LogP contribution in [-0.2, 0) is 57.1 Å².